The monoisotopic (exact) mass is 287 g/mol. The van der Waals surface area contributed by atoms with Crippen molar-refractivity contribution in [3.05, 3.63) is 5.21 Å². The zero-order valence-electron chi connectivity index (χ0n) is 12.4. The smallest absolute Gasteiger partial charge is 0.229 e. The van der Waals surface area contributed by atoms with E-state index in [2.05, 4.69) is 0 Å². The number of hydroxylamine groups is 1. The van der Waals surface area contributed by atoms with Crippen LogP contribution in [0.4, 0.5) is 0 Å². The molecule has 0 N–H and O–H groups in total. The van der Waals surface area contributed by atoms with Crippen LogP contribution < -0.4 is 0 Å². The molecule has 0 aromatic heterocycles. The lowest BCUT2D eigenvalue weighted by Gasteiger charge is -2.23. The SMILES string of the molecule is C[N+]([O-])=C1C(C2COC(C)(C)O2)OC2OC(C)(C)OC12. The highest BCUT2D eigenvalue weighted by molar-refractivity contribution is 5.91. The van der Waals surface area contributed by atoms with E-state index in [1.807, 2.05) is 13.8 Å². The Hall–Kier alpha value is -0.730. The Morgan fingerprint density at radius 2 is 1.75 bits per heavy atom. The first-order chi connectivity index (χ1) is 9.19. The van der Waals surface area contributed by atoms with Gasteiger partial charge in [0.1, 0.15) is 13.2 Å². The molecule has 0 aromatic carbocycles. The average Bonchev–Trinajstić information content (AvgIpc) is 2.86. The number of ether oxygens (including phenoxy) is 5. The first-order valence-electron chi connectivity index (χ1n) is 6.79. The molecule has 4 atom stereocenters. The Labute approximate surface area is 118 Å². The lowest BCUT2D eigenvalue weighted by molar-refractivity contribution is -0.429. The van der Waals surface area contributed by atoms with Gasteiger partial charge in [0.25, 0.3) is 0 Å². The third-order valence-corrected chi connectivity index (χ3v) is 3.65. The summed E-state index contributed by atoms with van der Waals surface area (Å²) in [6, 6.07) is 0. The third kappa shape index (κ3) is 2.33. The molecular weight excluding hydrogens is 266 g/mol. The predicted molar refractivity (Wildman–Crippen MR) is 68.2 cm³/mol. The standard InChI is InChI=1S/C13H21NO6/c1-12(2)16-6-7(18-12)9-8(14(5)15)10-11(17-9)20-13(3,4)19-10/h7,9-11H,6H2,1-5H3. The molecule has 0 radical (unpaired) electrons. The maximum atomic E-state index is 11.9. The van der Waals surface area contributed by atoms with Crippen LogP contribution in [0.5, 0.6) is 0 Å². The molecular formula is C13H21NO6. The van der Waals surface area contributed by atoms with Gasteiger partial charge in [-0.1, -0.05) is 0 Å². The molecule has 3 rings (SSSR count). The minimum atomic E-state index is -0.756. The molecule has 3 heterocycles. The summed E-state index contributed by atoms with van der Waals surface area (Å²) in [5, 5.41) is 11.9. The molecule has 3 saturated heterocycles. The predicted octanol–water partition coefficient (Wildman–Crippen LogP) is 0.595. The summed E-state index contributed by atoms with van der Waals surface area (Å²) in [6.45, 7) is 7.63. The van der Waals surface area contributed by atoms with E-state index in [-0.39, 0.29) is 6.10 Å². The molecule has 0 bridgehead atoms. The van der Waals surface area contributed by atoms with Crippen LogP contribution in [0.15, 0.2) is 0 Å². The van der Waals surface area contributed by atoms with Gasteiger partial charge < -0.3 is 28.9 Å². The molecule has 3 aliphatic heterocycles. The van der Waals surface area contributed by atoms with E-state index in [0.29, 0.717) is 12.3 Å². The molecule has 7 nitrogen and oxygen atoms in total. The van der Waals surface area contributed by atoms with Gasteiger partial charge in [0.15, 0.2) is 30.1 Å². The Balaban J connectivity index is 1.83. The van der Waals surface area contributed by atoms with Crippen LogP contribution in [0.25, 0.3) is 0 Å². The van der Waals surface area contributed by atoms with Gasteiger partial charge in [0.05, 0.1) is 6.61 Å². The molecule has 0 amide bonds. The number of hydrogen-bond donors (Lipinski definition) is 0. The van der Waals surface area contributed by atoms with Crippen molar-refractivity contribution in [3.63, 3.8) is 0 Å². The molecule has 3 aliphatic rings. The van der Waals surface area contributed by atoms with Crippen molar-refractivity contribution in [2.45, 2.75) is 63.9 Å². The van der Waals surface area contributed by atoms with Crippen LogP contribution in [0.3, 0.4) is 0 Å². The van der Waals surface area contributed by atoms with Crippen molar-refractivity contribution in [1.29, 1.82) is 0 Å². The van der Waals surface area contributed by atoms with E-state index in [1.54, 1.807) is 13.8 Å². The number of fused-ring (bicyclic) bond motifs is 1. The summed E-state index contributed by atoms with van der Waals surface area (Å²) < 4.78 is 29.4. The van der Waals surface area contributed by atoms with Crippen LogP contribution in [0.1, 0.15) is 27.7 Å². The van der Waals surface area contributed by atoms with E-state index in [4.69, 9.17) is 23.7 Å². The normalized spacial score (nSPS) is 44.6. The summed E-state index contributed by atoms with van der Waals surface area (Å²) in [6.07, 6.45) is -1.92. The second kappa shape index (κ2) is 4.38. The molecule has 20 heavy (non-hydrogen) atoms. The van der Waals surface area contributed by atoms with Crippen molar-refractivity contribution in [2.24, 2.45) is 0 Å². The highest BCUT2D eigenvalue weighted by Gasteiger charge is 2.59. The minimum Gasteiger partial charge on any atom is -0.624 e. The maximum absolute atomic E-state index is 11.9. The minimum absolute atomic E-state index is 0.336. The van der Waals surface area contributed by atoms with Crippen molar-refractivity contribution < 1.29 is 28.4 Å². The molecule has 4 unspecified atom stereocenters. The summed E-state index contributed by atoms with van der Waals surface area (Å²) >= 11 is 0. The zero-order chi connectivity index (χ0) is 14.7. The quantitative estimate of drug-likeness (QED) is 0.399. The van der Waals surface area contributed by atoms with Crippen molar-refractivity contribution in [3.8, 4) is 0 Å². The van der Waals surface area contributed by atoms with Crippen LogP contribution in [-0.4, -0.2) is 60.3 Å². The van der Waals surface area contributed by atoms with Crippen LogP contribution in [0.2, 0.25) is 0 Å². The summed E-state index contributed by atoms with van der Waals surface area (Å²) in [5.41, 5.74) is 0.492. The summed E-state index contributed by atoms with van der Waals surface area (Å²) in [5.74, 6) is -1.42. The lowest BCUT2D eigenvalue weighted by atomic mass is 10.1. The highest BCUT2D eigenvalue weighted by atomic mass is 16.8. The molecule has 3 fully saturated rings. The van der Waals surface area contributed by atoms with Gasteiger partial charge in [-0.25, -0.2) is 4.74 Å². The summed E-state index contributed by atoms with van der Waals surface area (Å²) in [7, 11) is 1.43. The first kappa shape index (κ1) is 14.2. The van der Waals surface area contributed by atoms with Gasteiger partial charge in [0, 0.05) is 0 Å². The zero-order valence-corrected chi connectivity index (χ0v) is 12.4. The summed E-state index contributed by atoms with van der Waals surface area (Å²) in [4.78, 5) is 0. The Bertz CT molecular complexity index is 442. The van der Waals surface area contributed by atoms with Crippen LogP contribution in [-0.2, 0) is 23.7 Å². The second-order valence-corrected chi connectivity index (χ2v) is 6.27. The first-order valence-corrected chi connectivity index (χ1v) is 6.79. The fraction of sp³-hybridized carbons (Fsp3) is 0.923. The van der Waals surface area contributed by atoms with Crippen molar-refractivity contribution in [2.75, 3.05) is 13.7 Å². The van der Waals surface area contributed by atoms with Gasteiger partial charge >= 0.3 is 0 Å². The Morgan fingerprint density at radius 3 is 2.30 bits per heavy atom. The van der Waals surface area contributed by atoms with Crippen LogP contribution in [0, 0.1) is 5.21 Å². The van der Waals surface area contributed by atoms with Crippen molar-refractivity contribution >= 4 is 5.71 Å². The lowest BCUT2D eigenvalue weighted by Crippen LogP contribution is -2.42. The fourth-order valence-corrected chi connectivity index (χ4v) is 2.91. The topological polar surface area (TPSA) is 72.2 Å². The second-order valence-electron chi connectivity index (χ2n) is 6.27. The maximum Gasteiger partial charge on any atom is 0.229 e. The Morgan fingerprint density at radius 1 is 1.05 bits per heavy atom. The number of nitrogens with zero attached hydrogens (tertiary/aromatic N) is 1. The van der Waals surface area contributed by atoms with E-state index in [0.717, 1.165) is 4.74 Å². The fourth-order valence-electron chi connectivity index (χ4n) is 2.91. The molecule has 7 heteroatoms. The van der Waals surface area contributed by atoms with E-state index in [1.165, 1.54) is 7.05 Å². The van der Waals surface area contributed by atoms with Gasteiger partial charge in [0.2, 0.25) is 5.71 Å². The van der Waals surface area contributed by atoms with Gasteiger partial charge in [-0.15, -0.1) is 0 Å². The average molecular weight is 287 g/mol. The van der Waals surface area contributed by atoms with E-state index < -0.39 is 30.1 Å². The van der Waals surface area contributed by atoms with E-state index >= 15 is 0 Å². The Kier molecular flexibility index (Phi) is 3.11. The molecule has 0 spiro atoms. The molecule has 0 aromatic rings. The van der Waals surface area contributed by atoms with E-state index in [9.17, 15) is 5.21 Å². The largest absolute Gasteiger partial charge is 0.624 e. The molecule has 114 valence electrons. The van der Waals surface area contributed by atoms with Crippen LogP contribution >= 0.6 is 0 Å². The molecule has 0 saturated carbocycles. The van der Waals surface area contributed by atoms with Gasteiger partial charge in [-0.05, 0) is 27.7 Å². The van der Waals surface area contributed by atoms with Gasteiger partial charge in [-0.2, -0.15) is 0 Å². The number of rotatable bonds is 1. The third-order valence-electron chi connectivity index (χ3n) is 3.65. The highest BCUT2D eigenvalue weighted by Crippen LogP contribution is 2.38. The van der Waals surface area contributed by atoms with Gasteiger partial charge in [-0.3, -0.25) is 0 Å². The molecule has 0 aliphatic carbocycles. The number of hydrogen-bond acceptors (Lipinski definition) is 6. The van der Waals surface area contributed by atoms with Crippen molar-refractivity contribution in [1.82, 2.24) is 0 Å².